The summed E-state index contributed by atoms with van der Waals surface area (Å²) in [6.07, 6.45) is 4.73. The molecule has 1 aromatic heterocycles. The van der Waals surface area contributed by atoms with Crippen LogP contribution in [0.4, 0.5) is 5.82 Å². The van der Waals surface area contributed by atoms with E-state index in [0.717, 1.165) is 36.4 Å². The molecular formula is C26H29N5O4S. The van der Waals surface area contributed by atoms with Crippen molar-refractivity contribution >= 4 is 28.1 Å². The molecule has 188 valence electrons. The maximum absolute atomic E-state index is 12.9. The zero-order chi connectivity index (χ0) is 25.5. The molecule has 2 atom stereocenters. The van der Waals surface area contributed by atoms with E-state index in [1.807, 2.05) is 24.3 Å². The number of nitrogen functional groups attached to an aromatic ring is 1. The molecule has 6 N–H and O–H groups in total. The number of allylic oxidation sites excluding steroid dienone is 1. The van der Waals surface area contributed by atoms with Crippen molar-refractivity contribution in [2.24, 2.45) is 5.73 Å². The Kier molecular flexibility index (Phi) is 8.42. The number of carbonyl (C=O) groups excluding carboxylic acids is 1. The van der Waals surface area contributed by atoms with Crippen LogP contribution in [-0.4, -0.2) is 56.6 Å². The predicted octanol–water partition coefficient (Wildman–Crippen LogP) is 2.14. The number of ether oxygens (including phenoxy) is 1. The van der Waals surface area contributed by atoms with Gasteiger partial charge in [-0.1, -0.05) is 12.1 Å². The van der Waals surface area contributed by atoms with E-state index < -0.39 is 16.6 Å². The van der Waals surface area contributed by atoms with Crippen molar-refractivity contribution in [2.75, 3.05) is 32.0 Å². The first kappa shape index (κ1) is 25.5. The highest BCUT2D eigenvalue weighted by Crippen LogP contribution is 2.23. The second kappa shape index (κ2) is 11.9. The summed E-state index contributed by atoms with van der Waals surface area (Å²) >= 11 is 0. The van der Waals surface area contributed by atoms with E-state index in [0.29, 0.717) is 17.0 Å². The van der Waals surface area contributed by atoms with Gasteiger partial charge in [-0.3, -0.25) is 9.00 Å². The Bertz CT molecular complexity index is 1260. The quantitative estimate of drug-likeness (QED) is 0.252. The first-order valence-corrected chi connectivity index (χ1v) is 12.9. The predicted molar refractivity (Wildman–Crippen MR) is 140 cm³/mol. The van der Waals surface area contributed by atoms with Crippen molar-refractivity contribution in [1.82, 2.24) is 15.3 Å². The number of rotatable bonds is 9. The van der Waals surface area contributed by atoms with Crippen LogP contribution in [0, 0.1) is 0 Å². The van der Waals surface area contributed by atoms with Gasteiger partial charge in [0.15, 0.2) is 11.5 Å². The summed E-state index contributed by atoms with van der Waals surface area (Å²) in [5.74, 6) is 0.116. The lowest BCUT2D eigenvalue weighted by Crippen LogP contribution is -2.36. The number of carbonyl (C=O) groups is 1. The summed E-state index contributed by atoms with van der Waals surface area (Å²) in [5, 5.41) is 12.2. The number of anilines is 1. The Balaban J connectivity index is 1.50. The Hall–Kier alpha value is -3.60. The highest BCUT2D eigenvalue weighted by Gasteiger charge is 2.21. The molecule has 0 amide bonds. The number of ketones is 1. The number of hydrogen-bond acceptors (Lipinski definition) is 9. The molecule has 0 spiro atoms. The van der Waals surface area contributed by atoms with Gasteiger partial charge in [-0.2, -0.15) is 0 Å². The fourth-order valence-corrected chi connectivity index (χ4v) is 5.31. The molecule has 1 aliphatic heterocycles. The lowest BCUT2D eigenvalue weighted by Gasteiger charge is -2.22. The number of nitrogens with one attached hydrogen (secondary N) is 1. The Morgan fingerprint density at radius 2 is 1.94 bits per heavy atom. The summed E-state index contributed by atoms with van der Waals surface area (Å²) in [6.45, 7) is 1.83. The highest BCUT2D eigenvalue weighted by molar-refractivity contribution is 7.85. The van der Waals surface area contributed by atoms with E-state index in [2.05, 4.69) is 15.3 Å². The fraction of sp³-hybridized carbons (Fsp3) is 0.269. The van der Waals surface area contributed by atoms with Gasteiger partial charge in [0.25, 0.3) is 0 Å². The zero-order valence-corrected chi connectivity index (χ0v) is 20.5. The van der Waals surface area contributed by atoms with Gasteiger partial charge in [0.1, 0.15) is 12.4 Å². The number of piperidine rings is 1. The third kappa shape index (κ3) is 6.14. The zero-order valence-electron chi connectivity index (χ0n) is 19.7. The molecule has 0 bridgehead atoms. The summed E-state index contributed by atoms with van der Waals surface area (Å²) in [7, 11) is -1.09. The van der Waals surface area contributed by atoms with E-state index in [1.54, 1.807) is 24.3 Å². The molecule has 0 radical (unpaired) electrons. The van der Waals surface area contributed by atoms with Crippen LogP contribution in [0.15, 0.2) is 65.7 Å². The monoisotopic (exact) mass is 507 g/mol. The number of nitrogens with two attached hydrogens (primary N) is 2. The van der Waals surface area contributed by atoms with Crippen LogP contribution >= 0.6 is 0 Å². The van der Waals surface area contributed by atoms with Gasteiger partial charge in [-0.25, -0.2) is 9.97 Å². The van der Waals surface area contributed by atoms with Crippen molar-refractivity contribution in [1.29, 1.82) is 0 Å². The third-order valence-electron chi connectivity index (χ3n) is 5.81. The van der Waals surface area contributed by atoms with Gasteiger partial charge >= 0.3 is 0 Å². The average molecular weight is 508 g/mol. The van der Waals surface area contributed by atoms with E-state index in [1.165, 1.54) is 12.3 Å². The van der Waals surface area contributed by atoms with Gasteiger partial charge in [0.2, 0.25) is 5.78 Å². The van der Waals surface area contributed by atoms with Crippen LogP contribution in [0.5, 0.6) is 5.75 Å². The Labute approximate surface area is 212 Å². The molecule has 0 saturated carbocycles. The van der Waals surface area contributed by atoms with Gasteiger partial charge in [-0.15, -0.1) is 0 Å². The Morgan fingerprint density at radius 3 is 2.61 bits per heavy atom. The van der Waals surface area contributed by atoms with Crippen molar-refractivity contribution in [3.8, 4) is 17.0 Å². The number of hydrogen-bond donors (Lipinski definition) is 4. The summed E-state index contributed by atoms with van der Waals surface area (Å²) in [5.41, 5.74) is 14.1. The van der Waals surface area contributed by atoms with Crippen molar-refractivity contribution < 1.29 is 18.8 Å². The van der Waals surface area contributed by atoms with E-state index in [-0.39, 0.29) is 35.7 Å². The smallest absolute Gasteiger partial charge is 0.210 e. The summed E-state index contributed by atoms with van der Waals surface area (Å²) in [6, 6.07) is 14.1. The fourth-order valence-electron chi connectivity index (χ4n) is 3.87. The van der Waals surface area contributed by atoms with Crippen molar-refractivity contribution in [3.63, 3.8) is 0 Å². The van der Waals surface area contributed by atoms with Crippen LogP contribution in [0.25, 0.3) is 17.0 Å². The van der Waals surface area contributed by atoms with Crippen molar-refractivity contribution in [3.05, 3.63) is 72.1 Å². The molecule has 2 unspecified atom stereocenters. The molecule has 2 aromatic carbocycles. The first-order chi connectivity index (χ1) is 17.5. The van der Waals surface area contributed by atoms with Crippen LogP contribution in [0.2, 0.25) is 0 Å². The van der Waals surface area contributed by atoms with Gasteiger partial charge in [0.05, 0.1) is 34.5 Å². The van der Waals surface area contributed by atoms with Crippen LogP contribution < -0.4 is 21.5 Å². The summed E-state index contributed by atoms with van der Waals surface area (Å²) in [4.78, 5) is 22.3. The van der Waals surface area contributed by atoms with Crippen LogP contribution in [0.1, 0.15) is 28.9 Å². The first-order valence-electron chi connectivity index (χ1n) is 11.7. The normalized spacial score (nSPS) is 16.9. The number of aliphatic hydroxyl groups excluding tert-OH is 1. The molecule has 1 fully saturated rings. The molecule has 36 heavy (non-hydrogen) atoms. The molecule has 1 saturated heterocycles. The largest absolute Gasteiger partial charge is 0.491 e. The van der Waals surface area contributed by atoms with Gasteiger partial charge in [0, 0.05) is 28.8 Å². The number of aromatic nitrogens is 2. The molecule has 1 aliphatic rings. The molecule has 2 heterocycles. The highest BCUT2D eigenvalue weighted by atomic mass is 32.2. The topological polar surface area (TPSA) is 153 Å². The minimum Gasteiger partial charge on any atom is -0.491 e. The third-order valence-corrected chi connectivity index (χ3v) is 7.55. The van der Waals surface area contributed by atoms with E-state index in [9.17, 15) is 9.00 Å². The maximum Gasteiger partial charge on any atom is 0.210 e. The number of benzene rings is 2. The molecular weight excluding hydrogens is 478 g/mol. The molecule has 10 heteroatoms. The van der Waals surface area contributed by atoms with Crippen LogP contribution in [-0.2, 0) is 10.8 Å². The van der Waals surface area contributed by atoms with Crippen molar-refractivity contribution in [2.45, 2.75) is 23.0 Å². The maximum atomic E-state index is 12.9. The molecule has 9 nitrogen and oxygen atoms in total. The lowest BCUT2D eigenvalue weighted by molar-refractivity contribution is 0.104. The SMILES string of the molecule is NC(=CC(=O)c1nc(-c2ccc(S(=O)C3CCCNC3)cc2)cnc1N)c1ccc(OCCO)cc1. The van der Waals surface area contributed by atoms with E-state index >= 15 is 0 Å². The second-order valence-corrected chi connectivity index (χ2v) is 10.1. The molecule has 4 rings (SSSR count). The Morgan fingerprint density at radius 1 is 1.19 bits per heavy atom. The minimum atomic E-state index is -1.09. The second-order valence-electron chi connectivity index (χ2n) is 8.34. The molecule has 3 aromatic rings. The minimum absolute atomic E-state index is 0.000665. The lowest BCUT2D eigenvalue weighted by atomic mass is 10.1. The average Bonchev–Trinajstić information content (AvgIpc) is 2.92. The van der Waals surface area contributed by atoms with E-state index in [4.69, 9.17) is 21.3 Å². The molecule has 0 aliphatic carbocycles. The summed E-state index contributed by atoms with van der Waals surface area (Å²) < 4.78 is 18.2. The van der Waals surface area contributed by atoms with Gasteiger partial charge < -0.3 is 26.6 Å². The van der Waals surface area contributed by atoms with Crippen LogP contribution in [0.3, 0.4) is 0 Å². The number of nitrogens with zero attached hydrogens (tertiary/aromatic N) is 2. The standard InChI is InChI=1S/C26H29N5O4S/c27-22(17-3-7-19(8-4-17)35-13-12-32)14-24(33)25-26(28)30-16-23(31-25)18-5-9-20(10-6-18)36(34)21-2-1-11-29-15-21/h3-10,14,16,21,29,32H,1-2,11-13,15,27H2,(H2,28,30). The number of aliphatic hydroxyl groups is 1. The van der Waals surface area contributed by atoms with Gasteiger partial charge in [-0.05, 0) is 61.3 Å².